The van der Waals surface area contributed by atoms with Gasteiger partial charge in [-0.25, -0.2) is 0 Å². The molecule has 0 bridgehead atoms. The van der Waals surface area contributed by atoms with E-state index in [2.05, 4.69) is 35.9 Å². The lowest BCUT2D eigenvalue weighted by atomic mass is 9.87. The molecular formula is C10H13BrO. The van der Waals surface area contributed by atoms with E-state index in [4.69, 9.17) is 0 Å². The first kappa shape index (κ1) is 9.59. The number of hydrogen-bond donors (Lipinski definition) is 1. The summed E-state index contributed by atoms with van der Waals surface area (Å²) in [4.78, 5) is 0. The molecule has 0 aliphatic heterocycles. The van der Waals surface area contributed by atoms with E-state index in [1.54, 1.807) is 0 Å². The second kappa shape index (κ2) is 3.48. The van der Waals surface area contributed by atoms with Crippen LogP contribution in [0.1, 0.15) is 20.3 Å². The molecule has 0 heterocycles. The first-order chi connectivity index (χ1) is 5.57. The zero-order chi connectivity index (χ0) is 9.19. The molecule has 1 aliphatic carbocycles. The Bertz CT molecular complexity index is 263. The van der Waals surface area contributed by atoms with Crippen LogP contribution in [0.15, 0.2) is 34.5 Å². The quantitative estimate of drug-likeness (QED) is 0.726. The van der Waals surface area contributed by atoms with Gasteiger partial charge in [-0.2, -0.15) is 0 Å². The van der Waals surface area contributed by atoms with Crippen LogP contribution < -0.4 is 0 Å². The maximum Gasteiger partial charge on any atom is 0.126 e. The summed E-state index contributed by atoms with van der Waals surface area (Å²) in [5.41, 5.74) is -0.0178. The van der Waals surface area contributed by atoms with Crippen molar-refractivity contribution in [2.45, 2.75) is 20.3 Å². The first-order valence-electron chi connectivity index (χ1n) is 4.04. The Morgan fingerprint density at radius 2 is 2.25 bits per heavy atom. The fourth-order valence-corrected chi connectivity index (χ4v) is 1.35. The average molecular weight is 229 g/mol. The third-order valence-corrected chi connectivity index (χ3v) is 2.86. The molecule has 1 atom stereocenters. The van der Waals surface area contributed by atoms with Crippen molar-refractivity contribution in [2.24, 2.45) is 5.41 Å². The normalized spacial score (nSPS) is 29.2. The van der Waals surface area contributed by atoms with Gasteiger partial charge < -0.3 is 5.11 Å². The number of rotatable bonds is 1. The minimum atomic E-state index is -0.0178. The highest BCUT2D eigenvalue weighted by Gasteiger charge is 2.18. The van der Waals surface area contributed by atoms with Crippen molar-refractivity contribution in [1.82, 2.24) is 0 Å². The van der Waals surface area contributed by atoms with E-state index < -0.39 is 0 Å². The van der Waals surface area contributed by atoms with Crippen molar-refractivity contribution in [3.8, 4) is 0 Å². The SMILES string of the molecule is CCC1(C)C=CC=C(Br)C(O)=C1. The summed E-state index contributed by atoms with van der Waals surface area (Å²) in [6, 6.07) is 0. The molecule has 1 rings (SSSR count). The Balaban J connectivity index is 3.02. The van der Waals surface area contributed by atoms with E-state index in [1.807, 2.05) is 18.2 Å². The summed E-state index contributed by atoms with van der Waals surface area (Å²) in [6.07, 6.45) is 8.77. The fraction of sp³-hybridized carbons (Fsp3) is 0.400. The van der Waals surface area contributed by atoms with Crippen LogP contribution in [0.25, 0.3) is 0 Å². The summed E-state index contributed by atoms with van der Waals surface area (Å²) >= 11 is 3.28. The fourth-order valence-electron chi connectivity index (χ4n) is 1.09. The van der Waals surface area contributed by atoms with Gasteiger partial charge >= 0.3 is 0 Å². The van der Waals surface area contributed by atoms with E-state index >= 15 is 0 Å². The van der Waals surface area contributed by atoms with Gasteiger partial charge in [0.25, 0.3) is 0 Å². The highest BCUT2D eigenvalue weighted by molar-refractivity contribution is 9.11. The summed E-state index contributed by atoms with van der Waals surface area (Å²) in [5, 5.41) is 9.53. The van der Waals surface area contributed by atoms with Crippen LogP contribution in [-0.4, -0.2) is 5.11 Å². The van der Waals surface area contributed by atoms with Gasteiger partial charge in [-0.3, -0.25) is 0 Å². The highest BCUT2D eigenvalue weighted by Crippen LogP contribution is 2.31. The van der Waals surface area contributed by atoms with Gasteiger partial charge in [-0.15, -0.1) is 0 Å². The molecule has 0 aromatic carbocycles. The molecule has 0 saturated carbocycles. The molecule has 66 valence electrons. The van der Waals surface area contributed by atoms with Crippen molar-refractivity contribution < 1.29 is 5.11 Å². The zero-order valence-electron chi connectivity index (χ0n) is 7.34. The van der Waals surface area contributed by atoms with Crippen LogP contribution in [0.3, 0.4) is 0 Å². The topological polar surface area (TPSA) is 20.2 Å². The Kier molecular flexibility index (Phi) is 2.78. The van der Waals surface area contributed by atoms with E-state index in [1.165, 1.54) is 0 Å². The van der Waals surface area contributed by atoms with Crippen LogP contribution in [0, 0.1) is 5.41 Å². The average Bonchev–Trinajstić information content (AvgIpc) is 2.14. The van der Waals surface area contributed by atoms with Crippen LogP contribution in [0.2, 0.25) is 0 Å². The van der Waals surface area contributed by atoms with Gasteiger partial charge in [-0.1, -0.05) is 26.0 Å². The van der Waals surface area contributed by atoms with Crippen LogP contribution in [0.5, 0.6) is 0 Å². The van der Waals surface area contributed by atoms with Crippen LogP contribution in [-0.2, 0) is 0 Å². The van der Waals surface area contributed by atoms with E-state index in [9.17, 15) is 5.11 Å². The number of halogens is 1. The van der Waals surface area contributed by atoms with Crippen molar-refractivity contribution in [3.05, 3.63) is 34.5 Å². The second-order valence-electron chi connectivity index (χ2n) is 3.26. The van der Waals surface area contributed by atoms with E-state index in [0.29, 0.717) is 5.76 Å². The summed E-state index contributed by atoms with van der Waals surface area (Å²) < 4.78 is 0.746. The molecule has 1 unspecified atom stereocenters. The maximum absolute atomic E-state index is 9.53. The molecule has 0 spiro atoms. The molecule has 2 heteroatoms. The first-order valence-corrected chi connectivity index (χ1v) is 4.84. The Labute approximate surface area is 81.6 Å². The number of aliphatic hydroxyl groups excluding tert-OH is 1. The largest absolute Gasteiger partial charge is 0.507 e. The van der Waals surface area contributed by atoms with Gasteiger partial charge in [0.05, 0.1) is 4.48 Å². The van der Waals surface area contributed by atoms with Crippen molar-refractivity contribution in [3.63, 3.8) is 0 Å². The third-order valence-electron chi connectivity index (χ3n) is 2.19. The predicted molar refractivity (Wildman–Crippen MR) is 55.3 cm³/mol. The molecule has 1 aliphatic rings. The Morgan fingerprint density at radius 1 is 1.58 bits per heavy atom. The lowest BCUT2D eigenvalue weighted by molar-refractivity contribution is 0.409. The van der Waals surface area contributed by atoms with Gasteiger partial charge in [-0.05, 0) is 34.5 Å². The van der Waals surface area contributed by atoms with E-state index in [0.717, 1.165) is 10.9 Å². The monoisotopic (exact) mass is 228 g/mol. The molecule has 0 fully saturated rings. The van der Waals surface area contributed by atoms with Gasteiger partial charge in [0.1, 0.15) is 5.76 Å². The highest BCUT2D eigenvalue weighted by atomic mass is 79.9. The second-order valence-corrected chi connectivity index (χ2v) is 4.12. The smallest absolute Gasteiger partial charge is 0.126 e. The Morgan fingerprint density at radius 3 is 2.83 bits per heavy atom. The summed E-state index contributed by atoms with van der Waals surface area (Å²) in [5.74, 6) is 0.323. The van der Waals surface area contributed by atoms with Crippen molar-refractivity contribution in [1.29, 1.82) is 0 Å². The molecule has 1 N–H and O–H groups in total. The summed E-state index contributed by atoms with van der Waals surface area (Å²) in [7, 11) is 0. The molecule has 1 nitrogen and oxygen atoms in total. The summed E-state index contributed by atoms with van der Waals surface area (Å²) in [6.45, 7) is 4.20. The molecule has 0 saturated heterocycles. The minimum Gasteiger partial charge on any atom is -0.507 e. The van der Waals surface area contributed by atoms with Gasteiger partial charge in [0.2, 0.25) is 0 Å². The van der Waals surface area contributed by atoms with Crippen molar-refractivity contribution in [2.75, 3.05) is 0 Å². The molecular weight excluding hydrogens is 216 g/mol. The predicted octanol–water partition coefficient (Wildman–Crippen LogP) is 3.69. The standard InChI is InChI=1S/C10H13BrO/c1-3-10(2)6-4-5-8(11)9(12)7-10/h4-7,12H,3H2,1-2H3. The maximum atomic E-state index is 9.53. The molecule has 0 aromatic rings. The third kappa shape index (κ3) is 2.01. The molecule has 12 heavy (non-hydrogen) atoms. The number of aliphatic hydroxyl groups is 1. The van der Waals surface area contributed by atoms with Crippen LogP contribution >= 0.6 is 15.9 Å². The lowest BCUT2D eigenvalue weighted by Crippen LogP contribution is -2.07. The molecule has 0 amide bonds. The lowest BCUT2D eigenvalue weighted by Gasteiger charge is -2.18. The molecule has 0 aromatic heterocycles. The number of hydrogen-bond acceptors (Lipinski definition) is 1. The molecule has 0 radical (unpaired) electrons. The van der Waals surface area contributed by atoms with Gasteiger partial charge in [0, 0.05) is 5.41 Å². The minimum absolute atomic E-state index is 0.0178. The van der Waals surface area contributed by atoms with Crippen molar-refractivity contribution >= 4 is 15.9 Å². The van der Waals surface area contributed by atoms with Gasteiger partial charge in [0.15, 0.2) is 0 Å². The number of allylic oxidation sites excluding steroid dienone is 5. The zero-order valence-corrected chi connectivity index (χ0v) is 8.93. The van der Waals surface area contributed by atoms with E-state index in [-0.39, 0.29) is 5.41 Å². The van der Waals surface area contributed by atoms with Crippen LogP contribution in [0.4, 0.5) is 0 Å². The Hall–Kier alpha value is -0.500.